The first-order valence-corrected chi connectivity index (χ1v) is 10.5. The molecule has 2 aliphatic rings. The topological polar surface area (TPSA) is 82.4 Å². The van der Waals surface area contributed by atoms with Crippen molar-refractivity contribution in [3.8, 4) is 11.5 Å². The van der Waals surface area contributed by atoms with Crippen LogP contribution in [0.5, 0.6) is 11.5 Å². The summed E-state index contributed by atoms with van der Waals surface area (Å²) >= 11 is 0. The van der Waals surface area contributed by atoms with Crippen LogP contribution in [-0.4, -0.2) is 49.1 Å². The Labute approximate surface area is 164 Å². The zero-order valence-electron chi connectivity index (χ0n) is 15.4. The Bertz CT molecular complexity index is 1000. The van der Waals surface area contributed by atoms with Gasteiger partial charge in [0.25, 0.3) is 10.1 Å². The maximum absolute atomic E-state index is 12.1. The zero-order valence-corrected chi connectivity index (χ0v) is 16.2. The summed E-state index contributed by atoms with van der Waals surface area (Å²) in [6.07, 6.45) is 3.59. The molecule has 4 rings (SSSR count). The quantitative estimate of drug-likeness (QED) is 0.776. The van der Waals surface area contributed by atoms with Crippen molar-refractivity contribution in [2.75, 3.05) is 25.0 Å². The first-order valence-electron chi connectivity index (χ1n) is 8.99. The molecule has 1 unspecified atom stereocenters. The highest BCUT2D eigenvalue weighted by molar-refractivity contribution is 7.87. The molecule has 1 atom stereocenters. The minimum absolute atomic E-state index is 0.179. The highest BCUT2D eigenvalue weighted by Gasteiger charge is 2.33. The van der Waals surface area contributed by atoms with E-state index in [1.165, 1.54) is 0 Å². The van der Waals surface area contributed by atoms with Gasteiger partial charge >= 0.3 is 0 Å². The second-order valence-electron chi connectivity index (χ2n) is 6.73. The molecule has 0 radical (unpaired) electrons. The van der Waals surface area contributed by atoms with Gasteiger partial charge in [-0.15, -0.1) is 0 Å². The van der Waals surface area contributed by atoms with E-state index in [4.69, 9.17) is 4.74 Å². The molecule has 2 heterocycles. The van der Waals surface area contributed by atoms with Gasteiger partial charge in [0.05, 0.1) is 11.4 Å². The largest absolute Gasteiger partial charge is 0.453 e. The fourth-order valence-electron chi connectivity index (χ4n) is 3.53. The minimum Gasteiger partial charge on any atom is -0.453 e. The van der Waals surface area contributed by atoms with Gasteiger partial charge in [0.2, 0.25) is 0 Å². The molecule has 0 bridgehead atoms. The van der Waals surface area contributed by atoms with Crippen LogP contribution in [0.2, 0.25) is 0 Å². The average Bonchev–Trinajstić information content (AvgIpc) is 2.67. The molecule has 146 valence electrons. The van der Waals surface area contributed by atoms with Gasteiger partial charge in [0.15, 0.2) is 11.5 Å². The number of fused-ring (bicyclic) bond motifs is 2. The molecule has 2 aromatic rings. The number of benzene rings is 2. The lowest BCUT2D eigenvalue weighted by molar-refractivity contribution is 0.461. The van der Waals surface area contributed by atoms with E-state index in [0.717, 1.165) is 11.4 Å². The van der Waals surface area contributed by atoms with Crippen LogP contribution in [-0.2, 0) is 10.1 Å². The monoisotopic (exact) mass is 399 g/mol. The molecule has 0 fully saturated rings. The number of rotatable bonds is 5. The fourth-order valence-corrected chi connectivity index (χ4v) is 4.45. The van der Waals surface area contributed by atoms with Gasteiger partial charge in [-0.05, 0) is 36.8 Å². The fraction of sp³-hybridized carbons (Fsp3) is 0.250. The number of nitrogens with zero attached hydrogens (tertiary/aromatic N) is 3. The maximum Gasteiger partial charge on any atom is 0.275 e. The van der Waals surface area contributed by atoms with E-state index < -0.39 is 15.4 Å². The lowest BCUT2D eigenvalue weighted by Crippen LogP contribution is -2.43. The molecular weight excluding hydrogens is 378 g/mol. The summed E-state index contributed by atoms with van der Waals surface area (Å²) in [7, 11) is -2.55. The highest BCUT2D eigenvalue weighted by Crippen LogP contribution is 2.46. The summed E-state index contributed by atoms with van der Waals surface area (Å²) in [4.78, 5) is 7.96. The standard InChI is InChI=1S/C20H21N3O4S/c1-22-13-6-12-21-20(22)19(28(24,25)26)11-14-23-15-7-2-4-9-17(15)27-18-10-5-3-8-16(18)23/h2-10,12,19H,11,13-14H2,1H3,(H,24,25,26). The number of hydrogen-bond donors (Lipinski definition) is 1. The molecule has 28 heavy (non-hydrogen) atoms. The zero-order chi connectivity index (χ0) is 19.7. The molecule has 0 saturated carbocycles. The van der Waals surface area contributed by atoms with Crippen molar-refractivity contribution in [3.63, 3.8) is 0 Å². The summed E-state index contributed by atoms with van der Waals surface area (Å²) in [5.41, 5.74) is 1.71. The predicted octanol–water partition coefficient (Wildman–Crippen LogP) is 3.43. The Hall–Kier alpha value is -2.84. The van der Waals surface area contributed by atoms with Crippen molar-refractivity contribution in [1.29, 1.82) is 0 Å². The summed E-state index contributed by atoms with van der Waals surface area (Å²) in [6.45, 7) is 0.923. The van der Waals surface area contributed by atoms with E-state index in [1.54, 1.807) is 18.1 Å². The number of aliphatic imine (C=N–C) groups is 1. The third kappa shape index (κ3) is 3.48. The van der Waals surface area contributed by atoms with E-state index in [0.29, 0.717) is 30.4 Å². The SMILES string of the molecule is CN1CC=CN=C1C(CCN1c2ccccc2Oc2ccccc21)S(=O)(=O)O. The first-order chi connectivity index (χ1) is 13.4. The third-order valence-corrected chi connectivity index (χ3v) is 6.04. The van der Waals surface area contributed by atoms with Crippen LogP contribution in [0.25, 0.3) is 0 Å². The van der Waals surface area contributed by atoms with Crippen molar-refractivity contribution in [2.24, 2.45) is 4.99 Å². The lowest BCUT2D eigenvalue weighted by atomic mass is 10.1. The first kappa shape index (κ1) is 18.5. The number of ether oxygens (including phenoxy) is 1. The van der Waals surface area contributed by atoms with Crippen LogP contribution in [0.15, 0.2) is 65.8 Å². The van der Waals surface area contributed by atoms with Crippen LogP contribution < -0.4 is 9.64 Å². The van der Waals surface area contributed by atoms with Crippen LogP contribution in [0.4, 0.5) is 11.4 Å². The van der Waals surface area contributed by atoms with Crippen molar-refractivity contribution in [3.05, 3.63) is 60.8 Å². The van der Waals surface area contributed by atoms with E-state index in [2.05, 4.69) is 4.99 Å². The number of hydrogen-bond acceptors (Lipinski definition) is 6. The molecule has 8 heteroatoms. The van der Waals surface area contributed by atoms with Crippen molar-refractivity contribution >= 4 is 27.3 Å². The maximum atomic E-state index is 12.1. The van der Waals surface area contributed by atoms with Gasteiger partial charge in [0, 0.05) is 26.3 Å². The Morgan fingerprint density at radius 1 is 1.11 bits per heavy atom. The molecule has 0 aromatic heterocycles. The van der Waals surface area contributed by atoms with Gasteiger partial charge < -0.3 is 14.5 Å². The van der Waals surface area contributed by atoms with Gasteiger partial charge in [0.1, 0.15) is 11.1 Å². The Morgan fingerprint density at radius 2 is 1.71 bits per heavy atom. The highest BCUT2D eigenvalue weighted by atomic mass is 32.2. The molecule has 2 aromatic carbocycles. The molecule has 2 aliphatic heterocycles. The second kappa shape index (κ2) is 7.29. The number of amidine groups is 1. The van der Waals surface area contributed by atoms with Crippen LogP contribution in [0.1, 0.15) is 6.42 Å². The predicted molar refractivity (Wildman–Crippen MR) is 109 cm³/mol. The normalized spacial score (nSPS) is 16.7. The van der Waals surface area contributed by atoms with Crippen molar-refractivity contribution in [2.45, 2.75) is 11.7 Å². The van der Waals surface area contributed by atoms with Gasteiger partial charge in [-0.25, -0.2) is 4.99 Å². The molecule has 0 amide bonds. The summed E-state index contributed by atoms with van der Waals surface area (Å²) in [5.74, 6) is 1.76. The Kier molecular flexibility index (Phi) is 4.82. The number of anilines is 2. The average molecular weight is 399 g/mol. The van der Waals surface area contributed by atoms with Gasteiger partial charge in [-0.2, -0.15) is 8.42 Å². The third-order valence-electron chi connectivity index (χ3n) is 4.88. The lowest BCUT2D eigenvalue weighted by Gasteiger charge is -2.34. The molecule has 0 spiro atoms. The summed E-state index contributed by atoms with van der Waals surface area (Å²) in [5, 5.41) is -1.11. The Balaban J connectivity index is 1.67. The Morgan fingerprint density at radius 3 is 2.29 bits per heavy atom. The van der Waals surface area contributed by atoms with Crippen LogP contribution in [0, 0.1) is 0 Å². The van der Waals surface area contributed by atoms with E-state index in [1.807, 2.05) is 59.5 Å². The molecule has 0 saturated heterocycles. The second-order valence-corrected chi connectivity index (χ2v) is 8.33. The molecule has 7 nitrogen and oxygen atoms in total. The smallest absolute Gasteiger partial charge is 0.275 e. The van der Waals surface area contributed by atoms with Gasteiger partial charge in [-0.3, -0.25) is 4.55 Å². The summed E-state index contributed by atoms with van der Waals surface area (Å²) in [6, 6.07) is 15.2. The number of para-hydroxylation sites is 4. The van der Waals surface area contributed by atoms with E-state index in [9.17, 15) is 13.0 Å². The minimum atomic E-state index is -4.32. The van der Waals surface area contributed by atoms with Crippen LogP contribution in [0.3, 0.4) is 0 Å². The molecular formula is C20H21N3O4S. The summed E-state index contributed by atoms with van der Waals surface area (Å²) < 4.78 is 40.1. The molecule has 1 N–H and O–H groups in total. The van der Waals surface area contributed by atoms with E-state index in [-0.39, 0.29) is 6.42 Å². The number of likely N-dealkylation sites (N-methyl/N-ethyl adjacent to an activating group) is 1. The molecule has 0 aliphatic carbocycles. The van der Waals surface area contributed by atoms with Crippen molar-refractivity contribution < 1.29 is 17.7 Å². The van der Waals surface area contributed by atoms with E-state index >= 15 is 0 Å². The van der Waals surface area contributed by atoms with Gasteiger partial charge in [-0.1, -0.05) is 24.3 Å². The van der Waals surface area contributed by atoms with Crippen LogP contribution >= 0.6 is 0 Å². The van der Waals surface area contributed by atoms with Crippen molar-refractivity contribution in [1.82, 2.24) is 4.90 Å².